The molecule has 0 amide bonds. The highest BCUT2D eigenvalue weighted by atomic mass is 32.1. The Bertz CT molecular complexity index is 654. The van der Waals surface area contributed by atoms with Crippen molar-refractivity contribution in [3.63, 3.8) is 0 Å². The van der Waals surface area contributed by atoms with Crippen LogP contribution < -0.4 is 5.73 Å². The number of nitrogens with two attached hydrogens (primary N) is 1. The largest absolute Gasteiger partial charge is 0.399 e. The number of alkyl halides is 3. The molecule has 128 valence electrons. The molecule has 3 nitrogen and oxygen atoms in total. The molecule has 1 aliphatic rings. The van der Waals surface area contributed by atoms with Crippen molar-refractivity contribution >= 4 is 16.9 Å². The first-order valence-corrected chi connectivity index (χ1v) is 8.20. The van der Waals surface area contributed by atoms with Gasteiger partial charge >= 0.3 is 6.18 Å². The number of aryl methyl sites for hydroxylation is 1. The summed E-state index contributed by atoms with van der Waals surface area (Å²) in [5, 5.41) is 0.794. The quantitative estimate of drug-likeness (QED) is 0.889. The van der Waals surface area contributed by atoms with Gasteiger partial charge in [0.05, 0.1) is 16.6 Å². The van der Waals surface area contributed by atoms with Crippen LogP contribution in [-0.4, -0.2) is 29.7 Å². The van der Waals surface area contributed by atoms with E-state index in [9.17, 15) is 13.2 Å². The number of hydrogen-bond donors (Lipinski definition) is 1. The third-order valence-corrected chi connectivity index (χ3v) is 5.51. The fraction of sp³-hybridized carbons (Fsp3) is 0.562. The molecule has 0 saturated heterocycles. The molecule has 1 aromatic rings. The maximum atomic E-state index is 13.4. The molecule has 1 atom stereocenters. The van der Waals surface area contributed by atoms with Crippen molar-refractivity contribution in [3.05, 3.63) is 33.4 Å². The van der Waals surface area contributed by atoms with E-state index in [1.165, 1.54) is 25.2 Å². The Balaban J connectivity index is 2.47. The monoisotopic (exact) mass is 345 g/mol. The van der Waals surface area contributed by atoms with E-state index in [4.69, 9.17) is 5.73 Å². The van der Waals surface area contributed by atoms with Gasteiger partial charge in [-0.2, -0.15) is 13.2 Å². The summed E-state index contributed by atoms with van der Waals surface area (Å²) in [5.41, 5.74) is 5.80. The fourth-order valence-electron chi connectivity index (χ4n) is 2.49. The Hall–Kier alpha value is -1.34. The van der Waals surface area contributed by atoms with Crippen LogP contribution in [0.2, 0.25) is 0 Å². The van der Waals surface area contributed by atoms with Crippen molar-refractivity contribution in [1.82, 2.24) is 9.88 Å². The molecular weight excluding hydrogens is 323 g/mol. The topological polar surface area (TPSA) is 42.1 Å². The second kappa shape index (κ2) is 5.94. The number of thiazole rings is 1. The fourth-order valence-corrected chi connectivity index (χ4v) is 3.52. The van der Waals surface area contributed by atoms with Crippen LogP contribution in [-0.2, 0) is 0 Å². The average molecular weight is 345 g/mol. The summed E-state index contributed by atoms with van der Waals surface area (Å²) in [6.45, 7) is 6.57. The number of hydrogen-bond acceptors (Lipinski definition) is 4. The van der Waals surface area contributed by atoms with Gasteiger partial charge in [0.1, 0.15) is 10.4 Å². The lowest BCUT2D eigenvalue weighted by molar-refractivity contribution is -0.202. The molecule has 0 fully saturated rings. The van der Waals surface area contributed by atoms with E-state index in [1.54, 1.807) is 18.0 Å². The van der Waals surface area contributed by atoms with Crippen molar-refractivity contribution in [2.75, 3.05) is 13.6 Å². The number of allylic oxidation sites excluding steroid dienone is 3. The first-order chi connectivity index (χ1) is 10.4. The van der Waals surface area contributed by atoms with Crippen molar-refractivity contribution in [2.45, 2.75) is 39.9 Å². The standard InChI is InChI=1S/C16H22F3N3S/c1-9(20)14-21-10(2)13(23-14)11-6-7-22(5)12(8-11)15(3,4)16(17,18)19/h6,8-9H,7,20H2,1-5H3. The van der Waals surface area contributed by atoms with Crippen LogP contribution in [0.4, 0.5) is 13.2 Å². The second-order valence-electron chi connectivity index (χ2n) is 6.45. The van der Waals surface area contributed by atoms with Crippen LogP contribution in [0.3, 0.4) is 0 Å². The Kier molecular flexibility index (Phi) is 4.65. The molecule has 23 heavy (non-hydrogen) atoms. The first kappa shape index (κ1) is 18.0. The zero-order chi connectivity index (χ0) is 17.6. The molecule has 2 heterocycles. The molecule has 0 saturated carbocycles. The van der Waals surface area contributed by atoms with Gasteiger partial charge in [0, 0.05) is 19.3 Å². The molecule has 1 aromatic heterocycles. The number of rotatable bonds is 3. The zero-order valence-electron chi connectivity index (χ0n) is 14.0. The SMILES string of the molecule is Cc1nc(C(C)N)sc1C1=CCN(C)C(C(C)(C)C(F)(F)F)=C1. The minimum absolute atomic E-state index is 0.186. The van der Waals surface area contributed by atoms with Gasteiger partial charge in [0.25, 0.3) is 0 Å². The number of nitrogens with zero attached hydrogens (tertiary/aromatic N) is 2. The predicted molar refractivity (Wildman–Crippen MR) is 88.0 cm³/mol. The van der Waals surface area contributed by atoms with Gasteiger partial charge in [-0.25, -0.2) is 4.98 Å². The van der Waals surface area contributed by atoms with Crippen molar-refractivity contribution in [2.24, 2.45) is 11.1 Å². The second-order valence-corrected chi connectivity index (χ2v) is 7.48. The smallest absolute Gasteiger partial charge is 0.373 e. The molecule has 2 rings (SSSR count). The van der Waals surface area contributed by atoms with Gasteiger partial charge in [0.15, 0.2) is 0 Å². The molecule has 7 heteroatoms. The maximum absolute atomic E-state index is 13.4. The molecule has 0 radical (unpaired) electrons. The molecule has 0 aromatic carbocycles. The van der Waals surface area contributed by atoms with E-state index in [0.29, 0.717) is 6.54 Å². The van der Waals surface area contributed by atoms with Crippen molar-refractivity contribution < 1.29 is 13.2 Å². The Labute approximate surface area is 138 Å². The number of halogens is 3. The van der Waals surface area contributed by atoms with Gasteiger partial charge in [0.2, 0.25) is 0 Å². The van der Waals surface area contributed by atoms with Gasteiger partial charge in [-0.15, -0.1) is 11.3 Å². The van der Waals surface area contributed by atoms with E-state index in [2.05, 4.69) is 4.98 Å². The third kappa shape index (κ3) is 3.30. The van der Waals surface area contributed by atoms with Crippen molar-refractivity contribution in [1.29, 1.82) is 0 Å². The van der Waals surface area contributed by atoms with Crippen LogP contribution in [0.15, 0.2) is 17.8 Å². The average Bonchev–Trinajstić information content (AvgIpc) is 2.80. The first-order valence-electron chi connectivity index (χ1n) is 7.38. The normalized spacial score (nSPS) is 17.9. The molecule has 0 aliphatic carbocycles. The molecule has 0 spiro atoms. The Morgan fingerprint density at radius 1 is 1.35 bits per heavy atom. The van der Waals surface area contributed by atoms with Crippen LogP contribution in [0.1, 0.15) is 42.4 Å². The minimum Gasteiger partial charge on any atom is -0.373 e. The highest BCUT2D eigenvalue weighted by molar-refractivity contribution is 7.13. The molecule has 0 bridgehead atoms. The molecule has 1 unspecified atom stereocenters. The van der Waals surface area contributed by atoms with Crippen LogP contribution in [0.25, 0.3) is 5.57 Å². The summed E-state index contributed by atoms with van der Waals surface area (Å²) in [6, 6.07) is -0.186. The zero-order valence-corrected chi connectivity index (χ0v) is 14.8. The van der Waals surface area contributed by atoms with Gasteiger partial charge in [-0.1, -0.05) is 6.08 Å². The van der Waals surface area contributed by atoms with Crippen LogP contribution in [0, 0.1) is 12.3 Å². The highest BCUT2D eigenvalue weighted by Gasteiger charge is 2.51. The van der Waals surface area contributed by atoms with Crippen molar-refractivity contribution in [3.8, 4) is 0 Å². The van der Waals surface area contributed by atoms with E-state index >= 15 is 0 Å². The lowest BCUT2D eigenvalue weighted by Gasteiger charge is -2.38. The van der Waals surface area contributed by atoms with E-state index in [0.717, 1.165) is 21.2 Å². The van der Waals surface area contributed by atoms with Crippen LogP contribution in [0.5, 0.6) is 0 Å². The van der Waals surface area contributed by atoms with Gasteiger partial charge in [-0.05, 0) is 39.3 Å². The summed E-state index contributed by atoms with van der Waals surface area (Å²) in [5.74, 6) is 0. The summed E-state index contributed by atoms with van der Waals surface area (Å²) in [6.07, 6.45) is -0.751. The van der Waals surface area contributed by atoms with E-state index in [-0.39, 0.29) is 11.7 Å². The summed E-state index contributed by atoms with van der Waals surface area (Å²) >= 11 is 1.45. The summed E-state index contributed by atoms with van der Waals surface area (Å²) < 4.78 is 40.2. The van der Waals surface area contributed by atoms with Gasteiger partial charge < -0.3 is 10.6 Å². The summed E-state index contributed by atoms with van der Waals surface area (Å²) in [4.78, 5) is 6.96. The lowest BCUT2D eigenvalue weighted by atomic mass is 9.85. The third-order valence-electron chi connectivity index (χ3n) is 4.10. The Morgan fingerprint density at radius 3 is 2.43 bits per heavy atom. The van der Waals surface area contributed by atoms with E-state index in [1.807, 2.05) is 19.9 Å². The number of likely N-dealkylation sites (N-methyl/N-ethyl adjacent to an activating group) is 1. The molecule has 1 aliphatic heterocycles. The minimum atomic E-state index is -4.31. The van der Waals surface area contributed by atoms with E-state index < -0.39 is 11.6 Å². The lowest BCUT2D eigenvalue weighted by Crippen LogP contribution is -2.41. The maximum Gasteiger partial charge on any atom is 0.399 e. The van der Waals surface area contributed by atoms with Crippen LogP contribution >= 0.6 is 11.3 Å². The molecule has 2 N–H and O–H groups in total. The predicted octanol–water partition coefficient (Wildman–Crippen LogP) is 4.27. The van der Waals surface area contributed by atoms with Gasteiger partial charge in [-0.3, -0.25) is 0 Å². The molecular formula is C16H22F3N3S. The highest BCUT2D eigenvalue weighted by Crippen LogP contribution is 2.46. The summed E-state index contributed by atoms with van der Waals surface area (Å²) in [7, 11) is 1.68. The Morgan fingerprint density at radius 2 is 1.96 bits per heavy atom. The number of aromatic nitrogens is 1.